The van der Waals surface area contributed by atoms with Gasteiger partial charge in [-0.05, 0) is 19.8 Å². The monoisotopic (exact) mass is 243 g/mol. The lowest BCUT2D eigenvalue weighted by atomic mass is 9.93. The second-order valence-electron chi connectivity index (χ2n) is 4.79. The molecule has 2 N–H and O–H groups in total. The van der Waals surface area contributed by atoms with E-state index in [9.17, 15) is 5.11 Å². The Labute approximate surface area is 106 Å². The SMILES string of the molecule is CCCC(O)(CCC)CN=C(NCC)N(C)C. The van der Waals surface area contributed by atoms with Gasteiger partial charge >= 0.3 is 0 Å². The van der Waals surface area contributed by atoms with Gasteiger partial charge in [0.2, 0.25) is 0 Å². The van der Waals surface area contributed by atoms with Crippen molar-refractivity contribution in [2.45, 2.75) is 52.1 Å². The van der Waals surface area contributed by atoms with Crippen LogP contribution in [0.15, 0.2) is 4.99 Å². The zero-order chi connectivity index (χ0) is 13.3. The molecule has 0 aromatic heterocycles. The first-order valence-electron chi connectivity index (χ1n) is 6.67. The van der Waals surface area contributed by atoms with Crippen molar-refractivity contribution < 1.29 is 5.11 Å². The summed E-state index contributed by atoms with van der Waals surface area (Å²) in [7, 11) is 3.92. The van der Waals surface area contributed by atoms with Gasteiger partial charge in [-0.1, -0.05) is 26.7 Å². The van der Waals surface area contributed by atoms with Crippen LogP contribution in [0.4, 0.5) is 0 Å². The van der Waals surface area contributed by atoms with Crippen LogP contribution in [0.25, 0.3) is 0 Å². The average Bonchev–Trinajstić information content (AvgIpc) is 2.24. The number of hydrogen-bond acceptors (Lipinski definition) is 2. The predicted octanol–water partition coefficient (Wildman–Crippen LogP) is 1.84. The molecule has 0 atom stereocenters. The highest BCUT2D eigenvalue weighted by molar-refractivity contribution is 5.79. The third-order valence-corrected chi connectivity index (χ3v) is 2.71. The van der Waals surface area contributed by atoms with Crippen molar-refractivity contribution in [1.82, 2.24) is 10.2 Å². The second kappa shape index (κ2) is 8.34. The van der Waals surface area contributed by atoms with E-state index >= 15 is 0 Å². The number of hydrogen-bond donors (Lipinski definition) is 2. The summed E-state index contributed by atoms with van der Waals surface area (Å²) in [5.74, 6) is 0.845. The number of aliphatic hydroxyl groups is 1. The van der Waals surface area contributed by atoms with Gasteiger partial charge in [0, 0.05) is 20.6 Å². The maximum absolute atomic E-state index is 10.5. The third kappa shape index (κ3) is 6.51. The van der Waals surface area contributed by atoms with Crippen LogP contribution in [0.1, 0.15) is 46.5 Å². The van der Waals surface area contributed by atoms with E-state index in [1.54, 1.807) is 0 Å². The largest absolute Gasteiger partial charge is 0.388 e. The molecule has 0 aromatic carbocycles. The fourth-order valence-corrected chi connectivity index (χ4v) is 1.95. The van der Waals surface area contributed by atoms with E-state index < -0.39 is 5.60 Å². The van der Waals surface area contributed by atoms with Crippen molar-refractivity contribution >= 4 is 5.96 Å². The lowest BCUT2D eigenvalue weighted by Gasteiger charge is -2.26. The number of nitrogens with zero attached hydrogens (tertiary/aromatic N) is 2. The lowest BCUT2D eigenvalue weighted by Crippen LogP contribution is -2.39. The number of rotatable bonds is 7. The Morgan fingerprint density at radius 1 is 1.18 bits per heavy atom. The average molecular weight is 243 g/mol. The van der Waals surface area contributed by atoms with E-state index in [1.165, 1.54) is 0 Å². The molecule has 0 fully saturated rings. The van der Waals surface area contributed by atoms with E-state index in [2.05, 4.69) is 24.2 Å². The van der Waals surface area contributed by atoms with Gasteiger partial charge in [-0.2, -0.15) is 0 Å². The van der Waals surface area contributed by atoms with Crippen LogP contribution in [-0.4, -0.2) is 48.8 Å². The van der Waals surface area contributed by atoms with Gasteiger partial charge in [-0.3, -0.25) is 4.99 Å². The summed E-state index contributed by atoms with van der Waals surface area (Å²) in [6.07, 6.45) is 3.61. The van der Waals surface area contributed by atoms with Crippen molar-refractivity contribution in [3.63, 3.8) is 0 Å². The molecule has 0 rings (SSSR count). The normalized spacial score (nSPS) is 12.7. The van der Waals surface area contributed by atoms with Gasteiger partial charge in [0.05, 0.1) is 12.1 Å². The summed E-state index contributed by atoms with van der Waals surface area (Å²) in [5.41, 5.74) is -0.639. The van der Waals surface area contributed by atoms with E-state index in [-0.39, 0.29) is 0 Å². The Morgan fingerprint density at radius 3 is 2.06 bits per heavy atom. The minimum Gasteiger partial charge on any atom is -0.388 e. The zero-order valence-electron chi connectivity index (χ0n) is 12.1. The smallest absolute Gasteiger partial charge is 0.193 e. The van der Waals surface area contributed by atoms with Crippen LogP contribution >= 0.6 is 0 Å². The van der Waals surface area contributed by atoms with Gasteiger partial charge in [-0.25, -0.2) is 0 Å². The molecular weight excluding hydrogens is 214 g/mol. The molecule has 0 aliphatic carbocycles. The first-order chi connectivity index (χ1) is 7.99. The highest BCUT2D eigenvalue weighted by atomic mass is 16.3. The Bertz CT molecular complexity index is 221. The highest BCUT2D eigenvalue weighted by Gasteiger charge is 2.24. The molecule has 0 radical (unpaired) electrons. The summed E-state index contributed by atoms with van der Waals surface area (Å²) in [6, 6.07) is 0. The molecular formula is C13H29N3O. The molecule has 0 saturated heterocycles. The standard InChI is InChI=1S/C13H29N3O/c1-6-9-13(17,10-7-2)11-15-12(14-8-3)16(4)5/h17H,6-11H2,1-5H3,(H,14,15). The molecule has 0 heterocycles. The minimum atomic E-state index is -0.639. The zero-order valence-corrected chi connectivity index (χ0v) is 12.1. The molecule has 17 heavy (non-hydrogen) atoms. The molecule has 0 bridgehead atoms. The predicted molar refractivity (Wildman–Crippen MR) is 74.4 cm³/mol. The number of guanidine groups is 1. The lowest BCUT2D eigenvalue weighted by molar-refractivity contribution is 0.0304. The van der Waals surface area contributed by atoms with Crippen LogP contribution in [0.2, 0.25) is 0 Å². The maximum atomic E-state index is 10.5. The van der Waals surface area contributed by atoms with Crippen LogP contribution < -0.4 is 5.32 Å². The van der Waals surface area contributed by atoms with Crippen LogP contribution in [0.5, 0.6) is 0 Å². The first kappa shape index (κ1) is 16.2. The fraction of sp³-hybridized carbons (Fsp3) is 0.923. The molecule has 0 saturated carbocycles. The van der Waals surface area contributed by atoms with Crippen molar-refractivity contribution in [3.05, 3.63) is 0 Å². The molecule has 0 unspecified atom stereocenters. The minimum absolute atomic E-state index is 0.481. The third-order valence-electron chi connectivity index (χ3n) is 2.71. The summed E-state index contributed by atoms with van der Waals surface area (Å²) in [4.78, 5) is 6.45. The molecule has 0 aliphatic heterocycles. The van der Waals surface area contributed by atoms with Crippen molar-refractivity contribution in [3.8, 4) is 0 Å². The van der Waals surface area contributed by atoms with Crippen LogP contribution in [-0.2, 0) is 0 Å². The quantitative estimate of drug-likeness (QED) is 0.530. The van der Waals surface area contributed by atoms with Gasteiger partial charge < -0.3 is 15.3 Å². The Morgan fingerprint density at radius 2 is 1.71 bits per heavy atom. The Hall–Kier alpha value is -0.770. The van der Waals surface area contributed by atoms with Gasteiger partial charge in [-0.15, -0.1) is 0 Å². The van der Waals surface area contributed by atoms with Gasteiger partial charge in [0.1, 0.15) is 0 Å². The second-order valence-corrected chi connectivity index (χ2v) is 4.79. The molecule has 0 aliphatic rings. The summed E-state index contributed by atoms with van der Waals surface area (Å²) in [6.45, 7) is 7.57. The summed E-state index contributed by atoms with van der Waals surface area (Å²) < 4.78 is 0. The molecule has 4 nitrogen and oxygen atoms in total. The molecule has 4 heteroatoms. The Balaban J connectivity index is 4.56. The molecule has 0 spiro atoms. The topological polar surface area (TPSA) is 47.9 Å². The highest BCUT2D eigenvalue weighted by Crippen LogP contribution is 2.19. The van der Waals surface area contributed by atoms with Crippen LogP contribution in [0, 0.1) is 0 Å². The fourth-order valence-electron chi connectivity index (χ4n) is 1.95. The van der Waals surface area contributed by atoms with Gasteiger partial charge in [0.15, 0.2) is 5.96 Å². The molecule has 0 amide bonds. The first-order valence-corrected chi connectivity index (χ1v) is 6.67. The summed E-state index contributed by atoms with van der Waals surface area (Å²) in [5, 5.41) is 13.7. The number of nitrogens with one attached hydrogen (secondary N) is 1. The Kier molecular flexibility index (Phi) is 7.96. The maximum Gasteiger partial charge on any atom is 0.193 e. The molecule has 0 aromatic rings. The van der Waals surface area contributed by atoms with Gasteiger partial charge in [0.25, 0.3) is 0 Å². The van der Waals surface area contributed by atoms with Crippen molar-refractivity contribution in [2.75, 3.05) is 27.2 Å². The van der Waals surface area contributed by atoms with Crippen molar-refractivity contribution in [2.24, 2.45) is 4.99 Å². The van der Waals surface area contributed by atoms with Crippen LogP contribution in [0.3, 0.4) is 0 Å². The van der Waals surface area contributed by atoms with Crippen molar-refractivity contribution in [1.29, 1.82) is 0 Å². The summed E-state index contributed by atoms with van der Waals surface area (Å²) >= 11 is 0. The van der Waals surface area contributed by atoms with E-state index in [4.69, 9.17) is 0 Å². The molecule has 102 valence electrons. The van der Waals surface area contributed by atoms with E-state index in [1.807, 2.05) is 25.9 Å². The van der Waals surface area contributed by atoms with E-state index in [0.717, 1.165) is 38.2 Å². The van der Waals surface area contributed by atoms with E-state index in [0.29, 0.717) is 6.54 Å². The number of aliphatic imine (C=N–C) groups is 1.